The molecule has 1 saturated carbocycles. The van der Waals surface area contributed by atoms with Gasteiger partial charge in [0.2, 0.25) is 0 Å². The molecular weight excluding hydrogens is 482 g/mol. The lowest BCUT2D eigenvalue weighted by Gasteiger charge is -2.43. The Kier molecular flexibility index (Phi) is 5.82. The van der Waals surface area contributed by atoms with Crippen molar-refractivity contribution in [3.63, 3.8) is 0 Å². The number of imidazole rings is 1. The Morgan fingerprint density at radius 3 is 2.41 bits per heavy atom. The van der Waals surface area contributed by atoms with Gasteiger partial charge in [-0.2, -0.15) is 0 Å². The summed E-state index contributed by atoms with van der Waals surface area (Å²) in [7, 11) is 0. The predicted molar refractivity (Wildman–Crippen MR) is 155 cm³/mol. The Balaban J connectivity index is 1.13. The number of benzene rings is 2. The number of fused-ring (bicyclic) bond motifs is 2. The van der Waals surface area contributed by atoms with Crippen molar-refractivity contribution in [2.45, 2.75) is 37.9 Å². The van der Waals surface area contributed by atoms with Gasteiger partial charge in [0, 0.05) is 48.6 Å². The summed E-state index contributed by atoms with van der Waals surface area (Å²) in [6.07, 6.45) is 13.1. The van der Waals surface area contributed by atoms with E-state index in [0.717, 1.165) is 47.2 Å². The Morgan fingerprint density at radius 1 is 0.846 bits per heavy atom. The molecule has 192 valence electrons. The van der Waals surface area contributed by atoms with E-state index < -0.39 is 0 Å². The maximum absolute atomic E-state index is 13.4. The van der Waals surface area contributed by atoms with E-state index in [9.17, 15) is 4.79 Å². The lowest BCUT2D eigenvalue weighted by Crippen LogP contribution is -2.47. The fourth-order valence-corrected chi connectivity index (χ4v) is 5.75. The number of pyridine rings is 3. The van der Waals surface area contributed by atoms with Crippen LogP contribution in [0.3, 0.4) is 0 Å². The normalized spacial score (nSPS) is 14.5. The molecule has 0 saturated heterocycles. The van der Waals surface area contributed by atoms with Gasteiger partial charge in [-0.1, -0.05) is 66.7 Å². The molecule has 1 aliphatic carbocycles. The number of nitrogens with zero attached hydrogens (tertiary/aromatic N) is 4. The first-order valence-corrected chi connectivity index (χ1v) is 13.5. The van der Waals surface area contributed by atoms with Crippen LogP contribution < -0.4 is 10.9 Å². The van der Waals surface area contributed by atoms with E-state index in [1.807, 2.05) is 55.0 Å². The summed E-state index contributed by atoms with van der Waals surface area (Å²) in [6.45, 7) is 1.19. The molecule has 4 heterocycles. The molecular formula is C33H29N5O. The monoisotopic (exact) mass is 511 g/mol. The van der Waals surface area contributed by atoms with Crippen molar-refractivity contribution in [1.29, 1.82) is 0 Å². The minimum atomic E-state index is -0.0635. The summed E-state index contributed by atoms with van der Waals surface area (Å²) in [5.74, 6) is 0. The zero-order valence-corrected chi connectivity index (χ0v) is 21.6. The van der Waals surface area contributed by atoms with E-state index in [0.29, 0.717) is 11.9 Å². The number of nitrogens with one attached hydrogen (secondary N) is 1. The molecule has 0 unspecified atom stereocenters. The van der Waals surface area contributed by atoms with Crippen LogP contribution in [0, 0.1) is 0 Å². The highest BCUT2D eigenvalue weighted by molar-refractivity contribution is 5.95. The second kappa shape index (κ2) is 9.64. The van der Waals surface area contributed by atoms with E-state index in [1.165, 1.54) is 17.5 Å². The average molecular weight is 512 g/mol. The first kappa shape index (κ1) is 23.6. The second-order valence-electron chi connectivity index (χ2n) is 10.5. The van der Waals surface area contributed by atoms with Crippen molar-refractivity contribution >= 4 is 16.4 Å². The highest BCUT2D eigenvalue weighted by Crippen LogP contribution is 2.41. The minimum Gasteiger partial charge on any atom is -0.309 e. The van der Waals surface area contributed by atoms with Crippen molar-refractivity contribution in [2.24, 2.45) is 0 Å². The summed E-state index contributed by atoms with van der Waals surface area (Å²) < 4.78 is 3.77. The van der Waals surface area contributed by atoms with Crippen molar-refractivity contribution < 1.29 is 0 Å². The van der Waals surface area contributed by atoms with Crippen LogP contribution in [0.15, 0.2) is 115 Å². The molecule has 1 aliphatic rings. The topological polar surface area (TPSA) is 64.2 Å². The smallest absolute Gasteiger partial charge is 0.260 e. The van der Waals surface area contributed by atoms with E-state index in [-0.39, 0.29) is 11.1 Å². The summed E-state index contributed by atoms with van der Waals surface area (Å²) >= 11 is 0. The van der Waals surface area contributed by atoms with Gasteiger partial charge in [0.25, 0.3) is 5.56 Å². The van der Waals surface area contributed by atoms with Gasteiger partial charge in [-0.15, -0.1) is 0 Å². The fourth-order valence-electron chi connectivity index (χ4n) is 5.75. The van der Waals surface area contributed by atoms with E-state index in [1.54, 1.807) is 10.8 Å². The molecule has 1 N–H and O–H groups in total. The molecule has 0 atom stereocenters. The van der Waals surface area contributed by atoms with E-state index in [2.05, 4.69) is 63.4 Å². The van der Waals surface area contributed by atoms with Gasteiger partial charge in [0.05, 0.1) is 17.6 Å². The zero-order valence-electron chi connectivity index (χ0n) is 21.6. The predicted octanol–water partition coefficient (Wildman–Crippen LogP) is 5.93. The molecule has 39 heavy (non-hydrogen) atoms. The maximum atomic E-state index is 13.4. The number of rotatable bonds is 7. The molecule has 6 nitrogen and oxygen atoms in total. The summed E-state index contributed by atoms with van der Waals surface area (Å²) in [6, 6.07) is 27.0. The third kappa shape index (κ3) is 4.33. The van der Waals surface area contributed by atoms with Gasteiger partial charge < -0.3 is 14.3 Å². The molecule has 7 rings (SSSR count). The lowest BCUT2D eigenvalue weighted by molar-refractivity contribution is 0.183. The van der Waals surface area contributed by atoms with Gasteiger partial charge in [0.1, 0.15) is 5.65 Å². The Hall–Kier alpha value is -4.55. The third-order valence-corrected chi connectivity index (χ3v) is 8.04. The lowest BCUT2D eigenvalue weighted by atomic mass is 9.72. The highest BCUT2D eigenvalue weighted by atomic mass is 16.1. The molecule has 0 aliphatic heterocycles. The minimum absolute atomic E-state index is 0.0635. The molecule has 0 bridgehead atoms. The molecule has 4 aromatic heterocycles. The number of aromatic nitrogens is 4. The quantitative estimate of drug-likeness (QED) is 0.289. The van der Waals surface area contributed by atoms with E-state index >= 15 is 0 Å². The van der Waals surface area contributed by atoms with Crippen molar-refractivity contribution in [2.75, 3.05) is 0 Å². The molecule has 0 radical (unpaired) electrons. The van der Waals surface area contributed by atoms with Crippen LogP contribution >= 0.6 is 0 Å². The summed E-state index contributed by atoms with van der Waals surface area (Å²) in [5.41, 5.74) is 6.30. The van der Waals surface area contributed by atoms with Crippen LogP contribution in [-0.4, -0.2) is 18.9 Å². The molecule has 0 spiro atoms. The molecule has 6 aromatic rings. The van der Waals surface area contributed by atoms with Gasteiger partial charge >= 0.3 is 0 Å². The Morgan fingerprint density at radius 2 is 1.64 bits per heavy atom. The zero-order chi connectivity index (χ0) is 26.2. The Bertz CT molecular complexity index is 1840. The maximum Gasteiger partial charge on any atom is 0.260 e. The largest absolute Gasteiger partial charge is 0.309 e. The third-order valence-electron chi connectivity index (χ3n) is 8.04. The highest BCUT2D eigenvalue weighted by Gasteiger charge is 2.37. The average Bonchev–Trinajstić information content (AvgIpc) is 3.36. The van der Waals surface area contributed by atoms with Gasteiger partial charge in [0.15, 0.2) is 0 Å². The van der Waals surface area contributed by atoms with Gasteiger partial charge in [-0.3, -0.25) is 9.78 Å². The molecule has 2 aromatic carbocycles. The standard InChI is InChI=1S/C33H29N5O/c39-32-30-20-34-19-29(25-8-3-1-4-9-25)28(30)14-17-37(32)22-27-23-38-21-24(12-13-31(38)36-27)18-35-33(15-7-16-33)26-10-5-2-6-11-26/h1-6,8-14,17,19-21,23,35H,7,15-16,18,22H2. The van der Waals surface area contributed by atoms with Crippen molar-refractivity contribution in [1.82, 2.24) is 24.3 Å². The van der Waals surface area contributed by atoms with Gasteiger partial charge in [-0.25, -0.2) is 4.98 Å². The molecule has 6 heteroatoms. The Labute approximate surface area is 226 Å². The van der Waals surface area contributed by atoms with Crippen LogP contribution in [-0.2, 0) is 18.6 Å². The van der Waals surface area contributed by atoms with Crippen LogP contribution in [0.5, 0.6) is 0 Å². The van der Waals surface area contributed by atoms with Gasteiger partial charge in [-0.05, 0) is 53.5 Å². The number of hydrogen-bond donors (Lipinski definition) is 1. The van der Waals surface area contributed by atoms with Crippen molar-refractivity contribution in [3.05, 3.63) is 137 Å². The molecule has 0 amide bonds. The van der Waals surface area contributed by atoms with Crippen LogP contribution in [0.2, 0.25) is 0 Å². The fraction of sp³-hybridized carbons (Fsp3) is 0.182. The number of hydrogen-bond acceptors (Lipinski definition) is 4. The van der Waals surface area contributed by atoms with E-state index in [4.69, 9.17) is 4.98 Å². The summed E-state index contributed by atoms with van der Waals surface area (Å²) in [4.78, 5) is 22.6. The van der Waals surface area contributed by atoms with Crippen LogP contribution in [0.4, 0.5) is 0 Å². The molecule has 1 fully saturated rings. The van der Waals surface area contributed by atoms with Crippen molar-refractivity contribution in [3.8, 4) is 11.1 Å². The summed E-state index contributed by atoms with van der Waals surface area (Å²) in [5, 5.41) is 5.35. The second-order valence-corrected chi connectivity index (χ2v) is 10.5. The SMILES string of the molecule is O=c1c2cncc(-c3ccccc3)c2ccn1Cc1cn2cc(CNC3(c4ccccc4)CCC3)ccc2n1. The first-order chi connectivity index (χ1) is 19.2. The van der Waals surface area contributed by atoms with Crippen LogP contribution in [0.1, 0.15) is 36.1 Å². The van der Waals surface area contributed by atoms with Crippen LogP contribution in [0.25, 0.3) is 27.5 Å². The first-order valence-electron chi connectivity index (χ1n) is 13.5.